The summed E-state index contributed by atoms with van der Waals surface area (Å²) < 4.78 is 3.28. The highest BCUT2D eigenvalue weighted by atomic mass is 16.1. The minimum atomic E-state index is -0.0348. The summed E-state index contributed by atoms with van der Waals surface area (Å²) in [4.78, 5) is 12.0. The Bertz CT molecular complexity index is 635. The van der Waals surface area contributed by atoms with Crippen LogP contribution in [0.4, 0.5) is 0 Å². The maximum absolute atomic E-state index is 12.0. The SMILES string of the molecule is Cc1cn(C)c(=O)n1-c1cccc(/C=C/CN)c1. The summed E-state index contributed by atoms with van der Waals surface area (Å²) in [6.07, 6.45) is 5.66. The van der Waals surface area contributed by atoms with Crippen molar-refractivity contribution >= 4 is 6.08 Å². The molecule has 1 aromatic carbocycles. The quantitative estimate of drug-likeness (QED) is 0.887. The molecule has 2 aromatic rings. The molecule has 0 aliphatic rings. The summed E-state index contributed by atoms with van der Waals surface area (Å²) in [6, 6.07) is 7.82. The summed E-state index contributed by atoms with van der Waals surface area (Å²) in [5.74, 6) is 0. The fourth-order valence-electron chi connectivity index (χ4n) is 1.99. The zero-order valence-electron chi connectivity index (χ0n) is 10.6. The third-order valence-electron chi connectivity index (χ3n) is 2.80. The molecule has 0 atom stereocenters. The molecular weight excluding hydrogens is 226 g/mol. The molecule has 0 saturated carbocycles. The first-order valence-electron chi connectivity index (χ1n) is 5.85. The van der Waals surface area contributed by atoms with Crippen LogP contribution < -0.4 is 11.4 Å². The van der Waals surface area contributed by atoms with E-state index in [0.717, 1.165) is 16.9 Å². The van der Waals surface area contributed by atoms with E-state index in [1.807, 2.05) is 49.5 Å². The van der Waals surface area contributed by atoms with Crippen LogP contribution in [0.2, 0.25) is 0 Å². The average molecular weight is 243 g/mol. The Hall–Kier alpha value is -2.07. The predicted molar refractivity (Wildman–Crippen MR) is 73.8 cm³/mol. The molecule has 4 nitrogen and oxygen atoms in total. The van der Waals surface area contributed by atoms with Gasteiger partial charge in [-0.2, -0.15) is 0 Å². The lowest BCUT2D eigenvalue weighted by atomic mass is 10.2. The lowest BCUT2D eigenvalue weighted by Gasteiger charge is -2.05. The third-order valence-corrected chi connectivity index (χ3v) is 2.80. The highest BCUT2D eigenvalue weighted by Gasteiger charge is 2.07. The highest BCUT2D eigenvalue weighted by Crippen LogP contribution is 2.12. The molecule has 0 spiro atoms. The second kappa shape index (κ2) is 5.06. The van der Waals surface area contributed by atoms with Crippen molar-refractivity contribution in [3.05, 3.63) is 58.3 Å². The van der Waals surface area contributed by atoms with E-state index in [4.69, 9.17) is 5.73 Å². The number of aryl methyl sites for hydroxylation is 2. The van der Waals surface area contributed by atoms with E-state index in [2.05, 4.69) is 0 Å². The van der Waals surface area contributed by atoms with Crippen molar-refractivity contribution in [2.75, 3.05) is 6.54 Å². The number of hydrogen-bond acceptors (Lipinski definition) is 2. The molecular formula is C14H17N3O. The summed E-state index contributed by atoms with van der Waals surface area (Å²) in [5, 5.41) is 0. The largest absolute Gasteiger partial charge is 0.332 e. The molecule has 0 radical (unpaired) electrons. The third kappa shape index (κ3) is 2.28. The van der Waals surface area contributed by atoms with Gasteiger partial charge in [-0.05, 0) is 24.6 Å². The van der Waals surface area contributed by atoms with Gasteiger partial charge < -0.3 is 10.3 Å². The number of benzene rings is 1. The number of rotatable bonds is 3. The minimum absolute atomic E-state index is 0.0348. The Morgan fingerprint density at radius 3 is 2.78 bits per heavy atom. The average Bonchev–Trinajstić information content (AvgIpc) is 2.61. The van der Waals surface area contributed by atoms with E-state index < -0.39 is 0 Å². The smallest absolute Gasteiger partial charge is 0.327 e. The maximum Gasteiger partial charge on any atom is 0.332 e. The molecule has 1 heterocycles. The fraction of sp³-hybridized carbons (Fsp3) is 0.214. The molecule has 0 amide bonds. The first-order chi connectivity index (χ1) is 8.63. The van der Waals surface area contributed by atoms with E-state index in [1.54, 1.807) is 16.2 Å². The molecule has 1 aromatic heterocycles. The van der Waals surface area contributed by atoms with Crippen LogP contribution in [0, 0.1) is 6.92 Å². The summed E-state index contributed by atoms with van der Waals surface area (Å²) in [6.45, 7) is 2.43. The van der Waals surface area contributed by atoms with Gasteiger partial charge in [0, 0.05) is 25.5 Å². The Morgan fingerprint density at radius 1 is 1.39 bits per heavy atom. The van der Waals surface area contributed by atoms with Crippen LogP contribution in [-0.4, -0.2) is 15.7 Å². The number of hydrogen-bond donors (Lipinski definition) is 1. The van der Waals surface area contributed by atoms with E-state index in [9.17, 15) is 4.79 Å². The maximum atomic E-state index is 12.0. The summed E-state index contributed by atoms with van der Waals surface area (Å²) in [7, 11) is 1.75. The molecule has 0 fully saturated rings. The fourth-order valence-corrected chi connectivity index (χ4v) is 1.99. The van der Waals surface area contributed by atoms with Crippen LogP contribution in [-0.2, 0) is 7.05 Å². The van der Waals surface area contributed by atoms with Crippen molar-refractivity contribution in [2.45, 2.75) is 6.92 Å². The zero-order valence-corrected chi connectivity index (χ0v) is 10.6. The summed E-state index contributed by atoms with van der Waals surface area (Å²) >= 11 is 0. The first-order valence-corrected chi connectivity index (χ1v) is 5.85. The molecule has 0 aliphatic carbocycles. The second-order valence-electron chi connectivity index (χ2n) is 4.23. The van der Waals surface area contributed by atoms with Crippen LogP contribution in [0.25, 0.3) is 11.8 Å². The standard InChI is InChI=1S/C14H17N3O/c1-11-10-16(2)14(18)17(11)13-7-3-5-12(9-13)6-4-8-15/h3-7,9-10H,8,15H2,1-2H3/b6-4+. The lowest BCUT2D eigenvalue weighted by Crippen LogP contribution is -2.21. The van der Waals surface area contributed by atoms with Gasteiger partial charge in [0.15, 0.2) is 0 Å². The molecule has 2 rings (SSSR count). The molecule has 0 unspecified atom stereocenters. The number of nitrogens with two attached hydrogens (primary N) is 1. The second-order valence-corrected chi connectivity index (χ2v) is 4.23. The van der Waals surface area contributed by atoms with Crippen molar-refractivity contribution in [1.82, 2.24) is 9.13 Å². The van der Waals surface area contributed by atoms with Crippen LogP contribution in [0.5, 0.6) is 0 Å². The Labute approximate surface area is 106 Å². The van der Waals surface area contributed by atoms with E-state index in [-0.39, 0.29) is 5.69 Å². The monoisotopic (exact) mass is 243 g/mol. The lowest BCUT2D eigenvalue weighted by molar-refractivity contribution is 0.821. The van der Waals surface area contributed by atoms with E-state index in [1.165, 1.54) is 0 Å². The van der Waals surface area contributed by atoms with Gasteiger partial charge in [-0.1, -0.05) is 24.3 Å². The minimum Gasteiger partial charge on any atom is -0.327 e. The van der Waals surface area contributed by atoms with Gasteiger partial charge in [-0.15, -0.1) is 0 Å². The van der Waals surface area contributed by atoms with E-state index in [0.29, 0.717) is 6.54 Å². The molecule has 0 bridgehead atoms. The van der Waals surface area contributed by atoms with Crippen molar-refractivity contribution in [3.8, 4) is 5.69 Å². The molecule has 4 heteroatoms. The molecule has 0 saturated heterocycles. The summed E-state index contributed by atoms with van der Waals surface area (Å²) in [5.41, 5.74) is 8.22. The Kier molecular flexibility index (Phi) is 3.48. The van der Waals surface area contributed by atoms with Gasteiger partial charge in [0.05, 0.1) is 5.69 Å². The van der Waals surface area contributed by atoms with Crippen LogP contribution in [0.3, 0.4) is 0 Å². The topological polar surface area (TPSA) is 53.0 Å². The molecule has 2 N–H and O–H groups in total. The first kappa shape index (κ1) is 12.4. The van der Waals surface area contributed by atoms with Crippen molar-refractivity contribution in [1.29, 1.82) is 0 Å². The van der Waals surface area contributed by atoms with E-state index >= 15 is 0 Å². The van der Waals surface area contributed by atoms with Crippen LogP contribution in [0.1, 0.15) is 11.3 Å². The van der Waals surface area contributed by atoms with Gasteiger partial charge >= 0.3 is 5.69 Å². The normalized spacial score (nSPS) is 11.3. The van der Waals surface area contributed by atoms with Gasteiger partial charge in [0.1, 0.15) is 0 Å². The Morgan fingerprint density at radius 2 is 2.17 bits per heavy atom. The number of imidazole rings is 1. The van der Waals surface area contributed by atoms with Crippen molar-refractivity contribution in [2.24, 2.45) is 12.8 Å². The van der Waals surface area contributed by atoms with Crippen LogP contribution in [0.15, 0.2) is 41.3 Å². The zero-order chi connectivity index (χ0) is 13.1. The molecule has 0 aliphatic heterocycles. The van der Waals surface area contributed by atoms with Crippen molar-refractivity contribution in [3.63, 3.8) is 0 Å². The van der Waals surface area contributed by atoms with Gasteiger partial charge in [-0.25, -0.2) is 4.79 Å². The molecule has 18 heavy (non-hydrogen) atoms. The predicted octanol–water partition coefficient (Wildman–Crippen LogP) is 1.46. The number of nitrogens with zero attached hydrogens (tertiary/aromatic N) is 2. The van der Waals surface area contributed by atoms with Crippen molar-refractivity contribution < 1.29 is 0 Å². The Balaban J connectivity index is 2.51. The van der Waals surface area contributed by atoms with Gasteiger partial charge in [0.25, 0.3) is 0 Å². The molecule has 94 valence electrons. The van der Waals surface area contributed by atoms with Gasteiger partial charge in [0.2, 0.25) is 0 Å². The number of aromatic nitrogens is 2. The highest BCUT2D eigenvalue weighted by molar-refractivity contribution is 5.53. The van der Waals surface area contributed by atoms with Crippen LogP contribution >= 0.6 is 0 Å². The van der Waals surface area contributed by atoms with Gasteiger partial charge in [-0.3, -0.25) is 4.57 Å².